The number of likely N-dealkylation sites (N-methyl/N-ethyl adjacent to an activating group) is 1. The molecule has 0 aliphatic carbocycles. The Kier molecular flexibility index (Phi) is 4.37. The molecular formula is C16H15N3O4. The molecule has 23 heavy (non-hydrogen) atoms. The zero-order chi connectivity index (χ0) is 16.1. The quantitative estimate of drug-likeness (QED) is 0.720. The molecule has 0 saturated heterocycles. The van der Waals surface area contributed by atoms with Gasteiger partial charge in [-0.25, -0.2) is 4.79 Å². The van der Waals surface area contributed by atoms with E-state index in [0.29, 0.717) is 24.5 Å². The van der Waals surface area contributed by atoms with Gasteiger partial charge in [0, 0.05) is 31.9 Å². The number of ether oxygens (including phenoxy) is 1. The lowest BCUT2D eigenvalue weighted by molar-refractivity contribution is 0.159. The van der Waals surface area contributed by atoms with Crippen LogP contribution in [0.3, 0.4) is 0 Å². The lowest BCUT2D eigenvalue weighted by Gasteiger charge is -2.15. The summed E-state index contributed by atoms with van der Waals surface area (Å²) in [5, 5.41) is 3.70. The number of nitrogens with zero attached hydrogens (tertiary/aromatic N) is 3. The van der Waals surface area contributed by atoms with Gasteiger partial charge >= 0.3 is 6.09 Å². The Morgan fingerprint density at radius 2 is 2.17 bits per heavy atom. The Bertz CT molecular complexity index is 753. The zero-order valence-electron chi connectivity index (χ0n) is 12.5. The van der Waals surface area contributed by atoms with E-state index in [0.717, 1.165) is 5.69 Å². The number of hydrogen-bond acceptors (Lipinski definition) is 6. The van der Waals surface area contributed by atoms with Crippen molar-refractivity contribution in [1.82, 2.24) is 15.0 Å². The van der Waals surface area contributed by atoms with E-state index in [2.05, 4.69) is 10.1 Å². The van der Waals surface area contributed by atoms with Gasteiger partial charge in [0.2, 0.25) is 5.76 Å². The molecule has 0 bridgehead atoms. The van der Waals surface area contributed by atoms with E-state index in [-0.39, 0.29) is 5.88 Å². The largest absolute Gasteiger partial charge is 0.461 e. The van der Waals surface area contributed by atoms with Crippen LogP contribution in [-0.2, 0) is 6.42 Å². The molecule has 0 fully saturated rings. The van der Waals surface area contributed by atoms with Crippen molar-refractivity contribution < 1.29 is 18.5 Å². The van der Waals surface area contributed by atoms with Gasteiger partial charge in [-0.15, -0.1) is 0 Å². The molecule has 0 saturated carbocycles. The van der Waals surface area contributed by atoms with Crippen molar-refractivity contribution in [2.45, 2.75) is 6.42 Å². The number of amides is 1. The van der Waals surface area contributed by atoms with Gasteiger partial charge < -0.3 is 18.6 Å². The lowest BCUT2D eigenvalue weighted by Crippen LogP contribution is -2.31. The molecule has 7 heteroatoms. The normalized spacial score (nSPS) is 10.5. The Morgan fingerprint density at radius 3 is 2.91 bits per heavy atom. The molecule has 3 aromatic rings. The van der Waals surface area contributed by atoms with Crippen molar-refractivity contribution in [3.63, 3.8) is 0 Å². The molecule has 1 amide bonds. The number of aromatic nitrogens is 2. The maximum Gasteiger partial charge on any atom is 0.416 e. The van der Waals surface area contributed by atoms with E-state index in [1.165, 1.54) is 17.2 Å². The summed E-state index contributed by atoms with van der Waals surface area (Å²) in [4.78, 5) is 17.7. The minimum atomic E-state index is -0.514. The summed E-state index contributed by atoms with van der Waals surface area (Å²) in [6.07, 6.45) is 3.37. The molecule has 3 rings (SSSR count). The Balaban J connectivity index is 1.54. The van der Waals surface area contributed by atoms with Crippen LogP contribution in [0.5, 0.6) is 5.88 Å². The van der Waals surface area contributed by atoms with Crippen molar-refractivity contribution in [2.24, 2.45) is 0 Å². The fraction of sp³-hybridized carbons (Fsp3) is 0.188. The van der Waals surface area contributed by atoms with Crippen molar-refractivity contribution in [2.75, 3.05) is 13.6 Å². The Hall–Kier alpha value is -3.09. The summed E-state index contributed by atoms with van der Waals surface area (Å²) in [6.45, 7) is 0.485. The van der Waals surface area contributed by atoms with Crippen LogP contribution in [0, 0.1) is 0 Å². The number of rotatable bonds is 5. The molecular weight excluding hydrogens is 298 g/mol. The summed E-state index contributed by atoms with van der Waals surface area (Å²) in [7, 11) is 1.65. The molecule has 118 valence electrons. The zero-order valence-corrected chi connectivity index (χ0v) is 12.5. The standard InChI is InChI=1S/C16H15N3O4/c1-19(9-7-12-5-2-3-8-17-12)16(20)22-15-11-14(23-18-15)13-6-4-10-21-13/h2-6,8,10-11H,7,9H2,1H3. The number of pyridine rings is 1. The first-order chi connectivity index (χ1) is 11.2. The summed E-state index contributed by atoms with van der Waals surface area (Å²) in [5.41, 5.74) is 0.911. The van der Waals surface area contributed by atoms with Crippen molar-refractivity contribution in [3.8, 4) is 17.4 Å². The van der Waals surface area contributed by atoms with E-state index in [9.17, 15) is 4.79 Å². The van der Waals surface area contributed by atoms with Crippen LogP contribution in [0.1, 0.15) is 5.69 Å². The van der Waals surface area contributed by atoms with Crippen LogP contribution in [0.4, 0.5) is 4.79 Å². The first-order valence-corrected chi connectivity index (χ1v) is 7.06. The van der Waals surface area contributed by atoms with Gasteiger partial charge in [-0.3, -0.25) is 4.98 Å². The number of hydrogen-bond donors (Lipinski definition) is 0. The highest BCUT2D eigenvalue weighted by Crippen LogP contribution is 2.23. The van der Waals surface area contributed by atoms with Gasteiger partial charge in [-0.2, -0.15) is 0 Å². The highest BCUT2D eigenvalue weighted by Gasteiger charge is 2.16. The molecule has 7 nitrogen and oxygen atoms in total. The predicted molar refractivity (Wildman–Crippen MR) is 80.8 cm³/mol. The van der Waals surface area contributed by atoms with Gasteiger partial charge in [0.05, 0.1) is 12.3 Å². The first kappa shape index (κ1) is 14.8. The van der Waals surface area contributed by atoms with Crippen LogP contribution in [0.25, 0.3) is 11.5 Å². The molecule has 0 aromatic carbocycles. The fourth-order valence-corrected chi connectivity index (χ4v) is 1.93. The van der Waals surface area contributed by atoms with E-state index in [4.69, 9.17) is 13.7 Å². The Labute approximate surface area is 132 Å². The minimum Gasteiger partial charge on any atom is -0.461 e. The van der Waals surface area contributed by atoms with Crippen molar-refractivity contribution >= 4 is 6.09 Å². The third-order valence-corrected chi connectivity index (χ3v) is 3.19. The minimum absolute atomic E-state index is 0.0890. The third kappa shape index (κ3) is 3.76. The summed E-state index contributed by atoms with van der Waals surface area (Å²) < 4.78 is 15.4. The van der Waals surface area contributed by atoms with Crippen molar-refractivity contribution in [3.05, 3.63) is 54.6 Å². The van der Waals surface area contributed by atoms with Crippen LogP contribution in [0.2, 0.25) is 0 Å². The van der Waals surface area contributed by atoms with Crippen LogP contribution in [0.15, 0.2) is 57.8 Å². The number of furan rings is 1. The van der Waals surface area contributed by atoms with Gasteiger partial charge in [0.15, 0.2) is 5.76 Å². The monoisotopic (exact) mass is 313 g/mol. The van der Waals surface area contributed by atoms with Gasteiger partial charge in [-0.05, 0) is 29.4 Å². The third-order valence-electron chi connectivity index (χ3n) is 3.19. The topological polar surface area (TPSA) is 81.6 Å². The molecule has 0 radical (unpaired) electrons. The maximum atomic E-state index is 12.0. The van der Waals surface area contributed by atoms with Crippen LogP contribution >= 0.6 is 0 Å². The average molecular weight is 313 g/mol. The SMILES string of the molecule is CN(CCc1ccccn1)C(=O)Oc1cc(-c2ccco2)on1. The van der Waals surface area contributed by atoms with E-state index in [1.807, 2.05) is 18.2 Å². The van der Waals surface area contributed by atoms with Gasteiger partial charge in [0.25, 0.3) is 5.88 Å². The predicted octanol–water partition coefficient (Wildman–Crippen LogP) is 3.00. The summed E-state index contributed by atoms with van der Waals surface area (Å²) in [6, 6.07) is 10.6. The smallest absolute Gasteiger partial charge is 0.416 e. The second-order valence-electron chi connectivity index (χ2n) is 4.87. The summed E-state index contributed by atoms with van der Waals surface area (Å²) in [5.74, 6) is 1.00. The molecule has 3 aromatic heterocycles. The second-order valence-corrected chi connectivity index (χ2v) is 4.87. The first-order valence-electron chi connectivity index (χ1n) is 7.06. The summed E-state index contributed by atoms with van der Waals surface area (Å²) >= 11 is 0. The lowest BCUT2D eigenvalue weighted by atomic mass is 10.2. The highest BCUT2D eigenvalue weighted by atomic mass is 16.6. The van der Waals surface area contributed by atoms with E-state index < -0.39 is 6.09 Å². The average Bonchev–Trinajstić information content (AvgIpc) is 3.24. The second kappa shape index (κ2) is 6.78. The van der Waals surface area contributed by atoms with Crippen LogP contribution in [-0.4, -0.2) is 34.7 Å². The highest BCUT2D eigenvalue weighted by molar-refractivity contribution is 5.70. The molecule has 0 aliphatic heterocycles. The molecule has 3 heterocycles. The number of carbonyl (C=O) groups is 1. The van der Waals surface area contributed by atoms with Gasteiger partial charge in [-0.1, -0.05) is 6.07 Å². The molecule has 0 atom stereocenters. The van der Waals surface area contributed by atoms with E-state index >= 15 is 0 Å². The van der Waals surface area contributed by atoms with E-state index in [1.54, 1.807) is 25.4 Å². The molecule has 0 unspecified atom stereocenters. The van der Waals surface area contributed by atoms with Crippen LogP contribution < -0.4 is 4.74 Å². The fourth-order valence-electron chi connectivity index (χ4n) is 1.93. The van der Waals surface area contributed by atoms with Gasteiger partial charge in [0.1, 0.15) is 0 Å². The molecule has 0 spiro atoms. The van der Waals surface area contributed by atoms with Crippen molar-refractivity contribution in [1.29, 1.82) is 0 Å². The molecule has 0 aliphatic rings. The number of carbonyl (C=O) groups excluding carboxylic acids is 1. The maximum absolute atomic E-state index is 12.0. The Morgan fingerprint density at radius 1 is 1.26 bits per heavy atom. The molecule has 0 N–H and O–H groups in total.